The smallest absolute Gasteiger partial charge is 0.460 e. The van der Waals surface area contributed by atoms with Crippen molar-refractivity contribution in [1.82, 2.24) is 10.2 Å². The average Bonchev–Trinajstić information content (AvgIpc) is 2.77. The van der Waals surface area contributed by atoms with Gasteiger partial charge in [-0.2, -0.15) is 110 Å². The Labute approximate surface area is 266 Å². The van der Waals surface area contributed by atoms with Crippen molar-refractivity contribution < 1.29 is 143 Å². The number of rotatable bonds is 14. The maximum Gasteiger partial charge on any atom is 0.460 e. The number of hydrogen-bond acceptors (Lipinski definition) is 2. The molecule has 3 nitrogen and oxygen atoms in total. The van der Waals surface area contributed by atoms with Gasteiger partial charge < -0.3 is 28.5 Å². The second kappa shape index (κ2) is 13.1. The van der Waals surface area contributed by atoms with E-state index in [-0.39, 0.29) is 29.3 Å². The summed E-state index contributed by atoms with van der Waals surface area (Å²) >= 11 is 0. The number of nitrogens with one attached hydrogen (secondary N) is 1. The molecule has 0 aliphatic carbocycles. The highest BCUT2D eigenvalue weighted by Crippen LogP contribution is 2.66. The molecule has 0 saturated carbocycles. The predicted molar refractivity (Wildman–Crippen MR) is 98.9 cm³/mol. The summed E-state index contributed by atoms with van der Waals surface area (Å²) in [5.74, 6) is -36.8. The van der Waals surface area contributed by atoms with Gasteiger partial charge in [0, 0.05) is 13.0 Å². The predicted octanol–water partition coefficient (Wildman–Crippen LogP) is 5.29. The fourth-order valence-corrected chi connectivity index (χ4v) is 3.16. The van der Waals surface area contributed by atoms with Crippen LogP contribution in [0.25, 0.3) is 0 Å². The molecule has 0 aliphatic rings. The van der Waals surface area contributed by atoms with Crippen LogP contribution in [0, 0.1) is 0 Å². The summed E-state index contributed by atoms with van der Waals surface area (Å²) in [6.07, 6.45) is -26.6. The SMILES string of the molecule is C[N+](C)(C)CCCNC(F)(F)C(F)(C(F)(F)F)C(F)(F)N(C(F)(F)C(F)(F)C(F)(F)C(F)(F)F)C(F)(F)C(F)(F)C(F)(F)C(F)(F)F.[I-]. The van der Waals surface area contributed by atoms with Crippen molar-refractivity contribution >= 4 is 0 Å². The third-order valence-electron chi connectivity index (χ3n) is 5.69. The zero-order valence-electron chi connectivity index (χ0n) is 22.7. The van der Waals surface area contributed by atoms with Crippen LogP contribution in [0.5, 0.6) is 0 Å². The van der Waals surface area contributed by atoms with Crippen molar-refractivity contribution in [3.8, 4) is 0 Å². The Bertz CT molecular complexity index is 1040. The van der Waals surface area contributed by atoms with Crippen molar-refractivity contribution in [2.75, 3.05) is 34.2 Å². The van der Waals surface area contributed by atoms with E-state index in [9.17, 15) is 114 Å². The van der Waals surface area contributed by atoms with Crippen LogP contribution in [0.15, 0.2) is 0 Å². The molecule has 0 aromatic rings. The van der Waals surface area contributed by atoms with Crippen molar-refractivity contribution in [3.63, 3.8) is 0 Å². The average molecular weight is 895 g/mol. The Morgan fingerprint density at radius 1 is 0.438 bits per heavy atom. The lowest BCUT2D eigenvalue weighted by atomic mass is 9.94. The van der Waals surface area contributed by atoms with E-state index in [4.69, 9.17) is 0 Å². The summed E-state index contributed by atoms with van der Waals surface area (Å²) in [7, 11) is 3.45. The van der Waals surface area contributed by atoms with Gasteiger partial charge in [-0.1, -0.05) is 0 Å². The zero-order valence-corrected chi connectivity index (χ0v) is 24.9. The minimum Gasteiger partial charge on any atom is -1.00 e. The summed E-state index contributed by atoms with van der Waals surface area (Å²) < 4.78 is 354. The third kappa shape index (κ3) is 7.53. The van der Waals surface area contributed by atoms with Crippen molar-refractivity contribution in [1.29, 1.82) is 0 Å². The molecule has 1 N–H and O–H groups in total. The van der Waals surface area contributed by atoms with E-state index in [1.54, 1.807) is 0 Å². The molecular weight excluding hydrogens is 879 g/mol. The topological polar surface area (TPSA) is 15.3 Å². The fraction of sp³-hybridized carbons (Fsp3) is 1.00. The molecule has 1 unspecified atom stereocenters. The second-order valence-corrected chi connectivity index (χ2v) is 10.3. The Balaban J connectivity index is 0. The molecule has 0 saturated heterocycles. The van der Waals surface area contributed by atoms with Crippen LogP contribution in [0.4, 0.5) is 114 Å². The normalized spacial score (nSPS) is 17.4. The molecule has 0 heterocycles. The Kier molecular flexibility index (Phi) is 13.3. The van der Waals surface area contributed by atoms with Crippen LogP contribution in [0.3, 0.4) is 0 Å². The highest BCUT2D eigenvalue weighted by molar-refractivity contribution is 5.15. The van der Waals surface area contributed by atoms with Crippen LogP contribution < -0.4 is 29.3 Å². The van der Waals surface area contributed by atoms with Crippen molar-refractivity contribution in [3.05, 3.63) is 0 Å². The van der Waals surface area contributed by atoms with E-state index in [0.29, 0.717) is 0 Å². The minimum atomic E-state index is -9.76. The third-order valence-corrected chi connectivity index (χ3v) is 5.69. The molecule has 0 radical (unpaired) electrons. The van der Waals surface area contributed by atoms with Gasteiger partial charge in [-0.05, 0) is 0 Å². The van der Waals surface area contributed by atoms with Crippen LogP contribution >= 0.6 is 0 Å². The Morgan fingerprint density at radius 2 is 0.729 bits per heavy atom. The molecule has 0 amide bonds. The number of halogens is 27. The van der Waals surface area contributed by atoms with E-state index >= 15 is 0 Å². The van der Waals surface area contributed by atoms with E-state index in [2.05, 4.69) is 0 Å². The van der Waals surface area contributed by atoms with E-state index in [0.717, 1.165) is 21.1 Å². The first-order valence-electron chi connectivity index (χ1n) is 11.1. The maximum absolute atomic E-state index is 15.0. The summed E-state index contributed by atoms with van der Waals surface area (Å²) in [5, 5.41) is -0.237. The molecule has 0 aromatic heterocycles. The highest BCUT2D eigenvalue weighted by atomic mass is 127. The molecule has 0 aromatic carbocycles. The van der Waals surface area contributed by atoms with Gasteiger partial charge >= 0.3 is 72.1 Å². The van der Waals surface area contributed by atoms with Crippen LogP contribution in [-0.4, -0.2) is 116 Å². The van der Waals surface area contributed by atoms with Gasteiger partial charge in [0.25, 0.3) is 0 Å². The van der Waals surface area contributed by atoms with E-state index < -0.39 is 101 Å². The Hall–Kier alpha value is -1.21. The lowest BCUT2D eigenvalue weighted by Crippen LogP contribution is -3.00. The number of nitrogens with zero attached hydrogens (tertiary/aromatic N) is 2. The monoisotopic (exact) mass is 895 g/mol. The lowest BCUT2D eigenvalue weighted by Gasteiger charge is -2.51. The second-order valence-electron chi connectivity index (χ2n) is 10.3. The number of hydrogen-bond donors (Lipinski definition) is 1. The summed E-state index contributed by atoms with van der Waals surface area (Å²) in [6.45, 7) is -2.59. The van der Waals surface area contributed by atoms with Crippen LogP contribution in [0.1, 0.15) is 6.42 Å². The molecule has 0 aliphatic heterocycles. The van der Waals surface area contributed by atoms with E-state index in [1.165, 1.54) is 0 Å². The lowest BCUT2D eigenvalue weighted by molar-refractivity contribution is -0.870. The van der Waals surface area contributed by atoms with Crippen LogP contribution in [0.2, 0.25) is 0 Å². The summed E-state index contributed by atoms with van der Waals surface area (Å²) in [4.78, 5) is -5.96. The molecule has 1 atom stereocenters. The Morgan fingerprint density at radius 3 is 0.958 bits per heavy atom. The molecule has 292 valence electrons. The molecule has 0 spiro atoms. The fourth-order valence-electron chi connectivity index (χ4n) is 3.16. The van der Waals surface area contributed by atoms with Crippen molar-refractivity contribution in [2.24, 2.45) is 0 Å². The zero-order chi connectivity index (χ0) is 38.9. The molecule has 0 bridgehead atoms. The minimum absolute atomic E-state index is 0. The van der Waals surface area contributed by atoms with Gasteiger partial charge in [-0.3, -0.25) is 5.32 Å². The van der Waals surface area contributed by atoms with Gasteiger partial charge in [-0.25, -0.2) is 4.39 Å². The number of alkyl halides is 26. The maximum atomic E-state index is 15.0. The van der Waals surface area contributed by atoms with Gasteiger partial charge in [-0.15, -0.1) is 4.90 Å². The molecule has 0 fully saturated rings. The first kappa shape index (κ1) is 48.9. The molecule has 0 rings (SSSR count). The highest BCUT2D eigenvalue weighted by Gasteiger charge is 2.97. The van der Waals surface area contributed by atoms with Crippen molar-refractivity contribution in [2.45, 2.75) is 78.5 Å². The quantitative estimate of drug-likeness (QED) is 0.0841. The molecular formula is C18H16F26IN3. The van der Waals surface area contributed by atoms with Crippen LogP contribution in [-0.2, 0) is 0 Å². The standard InChI is InChI=1S/C18H16F26N3.HI/c1-47(2,3)6-4-5-45-15(37,38)7(19,12(28,29)30)16(39,40)46(17(41,42)10(24,25)8(20,21)13(31,32)33)18(43,44)11(26,27)9(22,23)14(34,35)36;/h45H,4-6H2,1-3H3;1H/q+1;/p-1. The summed E-state index contributed by atoms with van der Waals surface area (Å²) in [6, 6.07) is -36.8. The van der Waals surface area contributed by atoms with Gasteiger partial charge in [0.05, 0.1) is 27.7 Å². The molecule has 48 heavy (non-hydrogen) atoms. The van der Waals surface area contributed by atoms with Gasteiger partial charge in [0.15, 0.2) is 0 Å². The molecule has 30 heteroatoms. The van der Waals surface area contributed by atoms with Gasteiger partial charge in [0.1, 0.15) is 0 Å². The largest absolute Gasteiger partial charge is 1.00 e. The van der Waals surface area contributed by atoms with E-state index in [1.807, 2.05) is 0 Å². The first-order chi connectivity index (χ1) is 19.8. The van der Waals surface area contributed by atoms with Gasteiger partial charge in [0.2, 0.25) is 0 Å². The summed E-state index contributed by atoms with van der Waals surface area (Å²) in [5.41, 5.74) is -9.00. The first-order valence-corrected chi connectivity index (χ1v) is 11.1. The number of quaternary nitrogens is 1.